The van der Waals surface area contributed by atoms with Gasteiger partial charge in [-0.15, -0.1) is 0 Å². The molecule has 0 saturated carbocycles. The van der Waals surface area contributed by atoms with Crippen LogP contribution < -0.4 is 5.14 Å². The number of hydrogen-bond acceptors (Lipinski definition) is 7. The summed E-state index contributed by atoms with van der Waals surface area (Å²) in [6.45, 7) is 5.06. The number of primary sulfonamides is 1. The molecular formula is C19H28N4O5S3. The summed E-state index contributed by atoms with van der Waals surface area (Å²) in [4.78, 5) is 19.0. The Morgan fingerprint density at radius 1 is 1.35 bits per heavy atom. The van der Waals surface area contributed by atoms with E-state index in [0.717, 1.165) is 18.4 Å². The molecule has 1 atom stereocenters. The maximum atomic E-state index is 12.8. The van der Waals surface area contributed by atoms with Crippen LogP contribution in [0.4, 0.5) is 0 Å². The Morgan fingerprint density at radius 3 is 2.68 bits per heavy atom. The number of nitrogens with zero attached hydrogens (tertiary/aromatic N) is 3. The van der Waals surface area contributed by atoms with E-state index in [-0.39, 0.29) is 34.1 Å². The molecule has 3 rings (SSSR count). The van der Waals surface area contributed by atoms with Gasteiger partial charge in [-0.3, -0.25) is 4.79 Å². The van der Waals surface area contributed by atoms with Gasteiger partial charge >= 0.3 is 0 Å². The van der Waals surface area contributed by atoms with Gasteiger partial charge < -0.3 is 9.47 Å². The van der Waals surface area contributed by atoms with Crippen LogP contribution in [0.5, 0.6) is 0 Å². The fraction of sp³-hybridized carbons (Fsp3) is 0.579. The van der Waals surface area contributed by atoms with Crippen LogP contribution in [0.2, 0.25) is 0 Å². The van der Waals surface area contributed by atoms with E-state index in [1.165, 1.54) is 23.9 Å². The van der Waals surface area contributed by atoms with Crippen LogP contribution in [0.15, 0.2) is 28.3 Å². The largest absolute Gasteiger partial charge is 0.338 e. The number of thioether (sulfide) groups is 1. The van der Waals surface area contributed by atoms with Crippen molar-refractivity contribution in [2.24, 2.45) is 5.14 Å². The van der Waals surface area contributed by atoms with Gasteiger partial charge in [0, 0.05) is 19.1 Å². The zero-order valence-electron chi connectivity index (χ0n) is 17.7. The van der Waals surface area contributed by atoms with Gasteiger partial charge in [-0.25, -0.2) is 27.0 Å². The zero-order chi connectivity index (χ0) is 22.8. The number of rotatable bonds is 9. The predicted molar refractivity (Wildman–Crippen MR) is 121 cm³/mol. The quantitative estimate of drug-likeness (QED) is 0.530. The molecule has 172 valence electrons. The van der Waals surface area contributed by atoms with Crippen LogP contribution in [0.1, 0.15) is 33.1 Å². The normalized spacial score (nSPS) is 18.5. The molecule has 0 aliphatic carbocycles. The lowest BCUT2D eigenvalue weighted by molar-refractivity contribution is -0.129. The fourth-order valence-corrected chi connectivity index (χ4v) is 6.97. The Labute approximate surface area is 187 Å². The first-order valence-electron chi connectivity index (χ1n) is 10.2. The van der Waals surface area contributed by atoms with Gasteiger partial charge in [0.2, 0.25) is 15.9 Å². The van der Waals surface area contributed by atoms with E-state index in [1.54, 1.807) is 11.0 Å². The molecule has 31 heavy (non-hydrogen) atoms. The number of sulfonamides is 1. The molecule has 2 N–H and O–H groups in total. The number of unbranched alkanes of at least 4 members (excludes halogenated alkanes) is 1. The van der Waals surface area contributed by atoms with Crippen molar-refractivity contribution in [3.05, 3.63) is 18.2 Å². The maximum Gasteiger partial charge on any atom is 0.238 e. The molecular weight excluding hydrogens is 460 g/mol. The lowest BCUT2D eigenvalue weighted by Crippen LogP contribution is -2.42. The van der Waals surface area contributed by atoms with Crippen LogP contribution >= 0.6 is 11.8 Å². The lowest BCUT2D eigenvalue weighted by atomic mass is 10.2. The van der Waals surface area contributed by atoms with E-state index >= 15 is 0 Å². The molecule has 1 fully saturated rings. The minimum Gasteiger partial charge on any atom is -0.338 e. The van der Waals surface area contributed by atoms with Crippen LogP contribution in [0.3, 0.4) is 0 Å². The molecule has 1 saturated heterocycles. The van der Waals surface area contributed by atoms with Crippen LogP contribution in [-0.4, -0.2) is 67.0 Å². The third-order valence-electron chi connectivity index (χ3n) is 5.38. The number of carbonyl (C=O) groups is 1. The summed E-state index contributed by atoms with van der Waals surface area (Å²) in [7, 11) is -6.92. The average Bonchev–Trinajstić information content (AvgIpc) is 3.23. The van der Waals surface area contributed by atoms with Gasteiger partial charge in [-0.2, -0.15) is 0 Å². The van der Waals surface area contributed by atoms with Crippen LogP contribution in [-0.2, 0) is 31.2 Å². The minimum absolute atomic E-state index is 0.00707. The average molecular weight is 489 g/mol. The van der Waals surface area contributed by atoms with Gasteiger partial charge in [0.15, 0.2) is 15.0 Å². The summed E-state index contributed by atoms with van der Waals surface area (Å²) in [6.07, 6.45) is 2.35. The first kappa shape index (κ1) is 24.0. The molecule has 0 unspecified atom stereocenters. The van der Waals surface area contributed by atoms with E-state index < -0.39 is 19.9 Å². The van der Waals surface area contributed by atoms with Gasteiger partial charge in [0.25, 0.3) is 0 Å². The molecule has 0 radical (unpaired) electrons. The van der Waals surface area contributed by atoms with Gasteiger partial charge in [0.05, 0.1) is 33.2 Å². The summed E-state index contributed by atoms with van der Waals surface area (Å²) in [5.74, 6) is 0.132. The molecule has 2 heterocycles. The number of amides is 1. The number of hydrogen-bond donors (Lipinski definition) is 1. The van der Waals surface area contributed by atoms with Crippen molar-refractivity contribution in [3.8, 4) is 0 Å². The Balaban J connectivity index is 1.83. The van der Waals surface area contributed by atoms with Crippen molar-refractivity contribution in [2.45, 2.75) is 55.7 Å². The number of benzene rings is 1. The van der Waals surface area contributed by atoms with E-state index in [4.69, 9.17) is 5.14 Å². The second-order valence-electron chi connectivity index (χ2n) is 7.62. The number of aryl methyl sites for hydroxylation is 1. The van der Waals surface area contributed by atoms with Crippen molar-refractivity contribution in [3.63, 3.8) is 0 Å². The smallest absolute Gasteiger partial charge is 0.238 e. The Morgan fingerprint density at radius 2 is 2.10 bits per heavy atom. The van der Waals surface area contributed by atoms with E-state index in [1.807, 2.05) is 11.5 Å². The minimum atomic E-state index is -3.84. The van der Waals surface area contributed by atoms with Crippen molar-refractivity contribution < 1.29 is 21.6 Å². The number of aromatic nitrogens is 2. The number of imidazole rings is 1. The van der Waals surface area contributed by atoms with Crippen molar-refractivity contribution >= 4 is 48.6 Å². The molecule has 1 aromatic heterocycles. The molecule has 12 heteroatoms. The number of nitrogens with two attached hydrogens (primary N) is 1. The Hall–Kier alpha value is -1.63. The van der Waals surface area contributed by atoms with Gasteiger partial charge in [0.1, 0.15) is 0 Å². The summed E-state index contributed by atoms with van der Waals surface area (Å²) >= 11 is 1.28. The first-order chi connectivity index (χ1) is 14.6. The lowest BCUT2D eigenvalue weighted by Gasteiger charge is -2.26. The van der Waals surface area contributed by atoms with Crippen molar-refractivity contribution in [2.75, 3.05) is 23.8 Å². The highest BCUT2D eigenvalue weighted by Gasteiger charge is 2.34. The molecule has 9 nitrogen and oxygen atoms in total. The monoisotopic (exact) mass is 488 g/mol. The molecule has 0 bridgehead atoms. The Kier molecular flexibility index (Phi) is 7.34. The summed E-state index contributed by atoms with van der Waals surface area (Å²) < 4.78 is 48.9. The molecule has 0 spiro atoms. The summed E-state index contributed by atoms with van der Waals surface area (Å²) in [6, 6.07) is 4.31. The third-order valence-corrected chi connectivity index (χ3v) is 9.01. The predicted octanol–water partition coefficient (Wildman–Crippen LogP) is 1.61. The zero-order valence-corrected chi connectivity index (χ0v) is 20.1. The molecule has 1 aliphatic rings. The Bertz CT molecular complexity index is 1170. The standard InChI is InChI=1S/C19H28N4O5S3/c1-3-5-9-23-17-7-6-15(31(20,27)28)11-16(17)21-19(23)29-12-18(24)22(4-2)14-8-10-30(25,26)13-14/h6-7,11,14H,3-5,8-10,12-13H2,1-2H3,(H2,20,27,28)/t14-/m0/s1. The van der Waals surface area contributed by atoms with Crippen LogP contribution in [0.25, 0.3) is 11.0 Å². The van der Waals surface area contributed by atoms with E-state index in [2.05, 4.69) is 11.9 Å². The second kappa shape index (κ2) is 9.47. The highest BCUT2D eigenvalue weighted by atomic mass is 32.2. The third kappa shape index (κ3) is 5.60. The summed E-state index contributed by atoms with van der Waals surface area (Å²) in [5, 5.41) is 5.86. The SMILES string of the molecule is CCCCn1c(SCC(=O)N(CC)[C@H]2CCS(=O)(=O)C2)nc2cc(S(N)(=O)=O)ccc21. The van der Waals surface area contributed by atoms with E-state index in [9.17, 15) is 21.6 Å². The molecule has 2 aromatic rings. The van der Waals surface area contributed by atoms with Gasteiger partial charge in [-0.05, 0) is 38.0 Å². The fourth-order valence-electron chi connectivity index (χ4n) is 3.78. The van der Waals surface area contributed by atoms with Crippen LogP contribution in [0, 0.1) is 0 Å². The molecule has 1 aromatic carbocycles. The van der Waals surface area contributed by atoms with Gasteiger partial charge in [-0.1, -0.05) is 25.1 Å². The van der Waals surface area contributed by atoms with Crippen molar-refractivity contribution in [1.29, 1.82) is 0 Å². The highest BCUT2D eigenvalue weighted by molar-refractivity contribution is 7.99. The molecule has 1 amide bonds. The summed E-state index contributed by atoms with van der Waals surface area (Å²) in [5.41, 5.74) is 1.29. The number of fused-ring (bicyclic) bond motifs is 1. The number of sulfone groups is 1. The molecule has 1 aliphatic heterocycles. The number of carbonyl (C=O) groups excluding carboxylic acids is 1. The maximum absolute atomic E-state index is 12.8. The van der Waals surface area contributed by atoms with E-state index in [0.29, 0.717) is 30.2 Å². The highest BCUT2D eigenvalue weighted by Crippen LogP contribution is 2.27. The first-order valence-corrected chi connectivity index (χ1v) is 14.6. The second-order valence-corrected chi connectivity index (χ2v) is 12.4. The van der Waals surface area contributed by atoms with Crippen molar-refractivity contribution in [1.82, 2.24) is 14.5 Å². The topological polar surface area (TPSA) is 132 Å².